The molecule has 130 valence electrons. The van der Waals surface area contributed by atoms with Crippen molar-refractivity contribution in [2.75, 3.05) is 19.7 Å². The van der Waals surface area contributed by atoms with Crippen LogP contribution in [0.2, 0.25) is 0 Å². The summed E-state index contributed by atoms with van der Waals surface area (Å²) in [5.74, 6) is 1.25. The number of aromatic nitrogens is 5. The first-order valence-corrected chi connectivity index (χ1v) is 8.36. The molecule has 3 aromatic rings. The quantitative estimate of drug-likeness (QED) is 0.700. The summed E-state index contributed by atoms with van der Waals surface area (Å²) in [5, 5.41) is 8.26. The molecule has 1 aromatic carbocycles. The van der Waals surface area contributed by atoms with E-state index in [4.69, 9.17) is 9.26 Å². The van der Waals surface area contributed by atoms with Gasteiger partial charge in [0.15, 0.2) is 0 Å². The molecule has 1 aliphatic rings. The van der Waals surface area contributed by atoms with E-state index >= 15 is 0 Å². The van der Waals surface area contributed by atoms with Crippen LogP contribution in [0.5, 0.6) is 0 Å². The molecule has 0 N–H and O–H groups in total. The Balaban J connectivity index is 1.43. The molecule has 1 fully saturated rings. The first-order chi connectivity index (χ1) is 12.3. The molecule has 1 saturated heterocycles. The molecule has 1 aliphatic heterocycles. The van der Waals surface area contributed by atoms with Gasteiger partial charge in [-0.15, -0.1) is 0 Å². The van der Waals surface area contributed by atoms with Gasteiger partial charge < -0.3 is 9.26 Å². The fourth-order valence-corrected chi connectivity index (χ4v) is 3.01. The minimum absolute atomic E-state index is 0.0344. The highest BCUT2D eigenvalue weighted by Gasteiger charge is 2.28. The Labute approximate surface area is 145 Å². The van der Waals surface area contributed by atoms with Gasteiger partial charge in [0.2, 0.25) is 11.7 Å². The monoisotopic (exact) mass is 340 g/mol. The first kappa shape index (κ1) is 15.9. The zero-order valence-corrected chi connectivity index (χ0v) is 14.0. The predicted molar refractivity (Wildman–Crippen MR) is 89.5 cm³/mol. The van der Waals surface area contributed by atoms with Crippen molar-refractivity contribution in [2.24, 2.45) is 0 Å². The van der Waals surface area contributed by atoms with Gasteiger partial charge in [0, 0.05) is 18.7 Å². The highest BCUT2D eigenvalue weighted by atomic mass is 16.5. The molecule has 8 heteroatoms. The summed E-state index contributed by atoms with van der Waals surface area (Å²) in [7, 11) is 0. The summed E-state index contributed by atoms with van der Waals surface area (Å²) in [4.78, 5) is 10.8. The van der Waals surface area contributed by atoms with Crippen molar-refractivity contribution in [1.82, 2.24) is 29.8 Å². The van der Waals surface area contributed by atoms with Crippen LogP contribution in [0.3, 0.4) is 0 Å². The van der Waals surface area contributed by atoms with Gasteiger partial charge in [-0.1, -0.05) is 35.5 Å². The highest BCUT2D eigenvalue weighted by Crippen LogP contribution is 2.24. The summed E-state index contributed by atoms with van der Waals surface area (Å²) >= 11 is 0. The molecular weight excluding hydrogens is 320 g/mol. The predicted octanol–water partition coefficient (Wildman–Crippen LogP) is 1.79. The normalized spacial score (nSPS) is 19.8. The Morgan fingerprint density at radius 2 is 2.16 bits per heavy atom. The van der Waals surface area contributed by atoms with Gasteiger partial charge in [-0.25, -0.2) is 4.98 Å². The van der Waals surface area contributed by atoms with E-state index in [9.17, 15) is 0 Å². The molecule has 0 spiro atoms. The van der Waals surface area contributed by atoms with Crippen LogP contribution in [0.25, 0.3) is 11.4 Å². The lowest BCUT2D eigenvalue weighted by Crippen LogP contribution is -2.45. The fraction of sp³-hybridized carbons (Fsp3) is 0.412. The summed E-state index contributed by atoms with van der Waals surface area (Å²) in [6.45, 7) is 5.05. The van der Waals surface area contributed by atoms with Crippen molar-refractivity contribution in [3.8, 4) is 11.4 Å². The Morgan fingerprint density at radius 3 is 2.96 bits per heavy atom. The van der Waals surface area contributed by atoms with E-state index in [0.29, 0.717) is 24.9 Å². The molecule has 0 bridgehead atoms. The van der Waals surface area contributed by atoms with Crippen LogP contribution >= 0.6 is 0 Å². The molecule has 0 radical (unpaired) electrons. The molecule has 0 saturated carbocycles. The van der Waals surface area contributed by atoms with E-state index in [0.717, 1.165) is 18.7 Å². The average Bonchev–Trinajstić information content (AvgIpc) is 3.34. The molecule has 0 unspecified atom stereocenters. The van der Waals surface area contributed by atoms with Crippen LogP contribution in [-0.4, -0.2) is 55.6 Å². The average molecular weight is 340 g/mol. The number of morpholine rings is 1. The number of hydrogen-bond acceptors (Lipinski definition) is 7. The van der Waals surface area contributed by atoms with Crippen molar-refractivity contribution < 1.29 is 9.26 Å². The van der Waals surface area contributed by atoms with Gasteiger partial charge in [0.1, 0.15) is 12.7 Å². The van der Waals surface area contributed by atoms with Crippen molar-refractivity contribution in [2.45, 2.75) is 25.6 Å². The third kappa shape index (κ3) is 3.59. The van der Waals surface area contributed by atoms with Crippen LogP contribution in [0.1, 0.15) is 18.9 Å². The minimum atomic E-state index is 0.0344. The standard InChI is InChI=1S/C17H20N6O2/c1-13(17-20-16(21-25-17)14-5-3-2-4-6-14)22-7-8-24-15(9-22)10-23-12-18-11-19-23/h2-6,11-13,15H,7-10H2,1H3/t13-,15-/m1/s1. The largest absolute Gasteiger partial charge is 0.374 e. The number of hydrogen-bond donors (Lipinski definition) is 0. The first-order valence-electron chi connectivity index (χ1n) is 8.36. The van der Waals surface area contributed by atoms with E-state index in [1.165, 1.54) is 6.33 Å². The molecule has 3 heterocycles. The number of benzene rings is 1. The van der Waals surface area contributed by atoms with Gasteiger partial charge in [-0.05, 0) is 6.92 Å². The number of ether oxygens (including phenoxy) is 1. The van der Waals surface area contributed by atoms with E-state index in [2.05, 4.69) is 32.0 Å². The maximum Gasteiger partial charge on any atom is 0.244 e. The van der Waals surface area contributed by atoms with Gasteiger partial charge in [0.05, 0.1) is 25.3 Å². The lowest BCUT2D eigenvalue weighted by atomic mass is 10.2. The SMILES string of the molecule is C[C@H](c1nc(-c2ccccc2)no1)N1CCO[C@@H](Cn2cncn2)C1. The topological polar surface area (TPSA) is 82.1 Å². The maximum absolute atomic E-state index is 5.85. The molecule has 25 heavy (non-hydrogen) atoms. The highest BCUT2D eigenvalue weighted by molar-refractivity contribution is 5.53. The van der Waals surface area contributed by atoms with Crippen LogP contribution in [0.15, 0.2) is 47.5 Å². The van der Waals surface area contributed by atoms with Crippen molar-refractivity contribution in [3.05, 3.63) is 48.9 Å². The molecule has 2 aromatic heterocycles. The summed E-state index contributed by atoms with van der Waals surface area (Å²) in [6.07, 6.45) is 3.30. The second-order valence-electron chi connectivity index (χ2n) is 6.10. The zero-order valence-electron chi connectivity index (χ0n) is 14.0. The molecule has 0 amide bonds. The van der Waals surface area contributed by atoms with Gasteiger partial charge in [0.25, 0.3) is 0 Å². The lowest BCUT2D eigenvalue weighted by molar-refractivity contribution is -0.0532. The van der Waals surface area contributed by atoms with E-state index in [-0.39, 0.29) is 12.1 Å². The molecule has 8 nitrogen and oxygen atoms in total. The second-order valence-corrected chi connectivity index (χ2v) is 6.10. The Morgan fingerprint density at radius 1 is 1.28 bits per heavy atom. The lowest BCUT2D eigenvalue weighted by Gasteiger charge is -2.35. The van der Waals surface area contributed by atoms with Crippen molar-refractivity contribution in [3.63, 3.8) is 0 Å². The third-order valence-corrected chi connectivity index (χ3v) is 4.41. The number of nitrogens with zero attached hydrogens (tertiary/aromatic N) is 6. The van der Waals surface area contributed by atoms with E-state index < -0.39 is 0 Å². The molecule has 2 atom stereocenters. The Hall–Kier alpha value is -2.58. The smallest absolute Gasteiger partial charge is 0.244 e. The van der Waals surface area contributed by atoms with Crippen LogP contribution in [0.4, 0.5) is 0 Å². The van der Waals surface area contributed by atoms with E-state index in [1.807, 2.05) is 30.3 Å². The molecule has 0 aliphatic carbocycles. The van der Waals surface area contributed by atoms with Gasteiger partial charge >= 0.3 is 0 Å². The Bertz CT molecular complexity index is 789. The van der Waals surface area contributed by atoms with Crippen LogP contribution < -0.4 is 0 Å². The van der Waals surface area contributed by atoms with Crippen molar-refractivity contribution in [1.29, 1.82) is 0 Å². The van der Waals surface area contributed by atoms with Gasteiger partial charge in [-0.2, -0.15) is 10.1 Å². The Kier molecular flexibility index (Phi) is 4.53. The van der Waals surface area contributed by atoms with Gasteiger partial charge in [-0.3, -0.25) is 9.58 Å². The summed E-state index contributed by atoms with van der Waals surface area (Å²) in [6, 6.07) is 9.88. The van der Waals surface area contributed by atoms with Crippen molar-refractivity contribution >= 4 is 0 Å². The van der Waals surface area contributed by atoms with Crippen LogP contribution in [0, 0.1) is 0 Å². The van der Waals surface area contributed by atoms with E-state index in [1.54, 1.807) is 11.0 Å². The minimum Gasteiger partial charge on any atom is -0.374 e. The second kappa shape index (κ2) is 7.12. The number of rotatable bonds is 5. The summed E-state index contributed by atoms with van der Waals surface area (Å²) in [5.41, 5.74) is 0.954. The maximum atomic E-state index is 5.85. The molecular formula is C17H20N6O2. The third-order valence-electron chi connectivity index (χ3n) is 4.41. The fourth-order valence-electron chi connectivity index (χ4n) is 3.01. The molecule has 4 rings (SSSR count). The van der Waals surface area contributed by atoms with Crippen LogP contribution in [-0.2, 0) is 11.3 Å². The zero-order chi connectivity index (χ0) is 17.1. The summed E-state index contributed by atoms with van der Waals surface area (Å²) < 4.78 is 13.1.